The molecule has 0 aliphatic heterocycles. The molecule has 0 fully saturated rings. The first kappa shape index (κ1) is 9.94. The van der Waals surface area contributed by atoms with Crippen molar-refractivity contribution in [2.24, 2.45) is 5.73 Å². The van der Waals surface area contributed by atoms with Gasteiger partial charge < -0.3 is 5.73 Å². The molecule has 1 aromatic rings. The number of hydrogen-bond acceptors (Lipinski definition) is 2. The van der Waals surface area contributed by atoms with E-state index in [4.69, 9.17) is 5.73 Å². The maximum absolute atomic E-state index is 6.09. The molecule has 0 bridgehead atoms. The van der Waals surface area contributed by atoms with E-state index in [9.17, 15) is 0 Å². The summed E-state index contributed by atoms with van der Waals surface area (Å²) >= 11 is 1.90. The lowest BCUT2D eigenvalue weighted by Gasteiger charge is -2.03. The van der Waals surface area contributed by atoms with Gasteiger partial charge in [0, 0.05) is 9.75 Å². The zero-order valence-electron chi connectivity index (χ0n) is 8.84. The van der Waals surface area contributed by atoms with Crippen LogP contribution >= 0.6 is 11.3 Å². The molecule has 1 aliphatic rings. The Morgan fingerprint density at radius 3 is 2.93 bits per heavy atom. The highest BCUT2D eigenvalue weighted by Crippen LogP contribution is 2.33. The number of aryl methyl sites for hydroxylation is 2. The Morgan fingerprint density at radius 2 is 2.29 bits per heavy atom. The number of fused-ring (bicyclic) bond motifs is 1. The Kier molecular flexibility index (Phi) is 2.75. The minimum absolute atomic E-state index is 0.107. The van der Waals surface area contributed by atoms with Crippen LogP contribution in [0.2, 0.25) is 0 Å². The molecule has 1 unspecified atom stereocenters. The molecule has 0 saturated heterocycles. The molecule has 1 aliphatic carbocycles. The van der Waals surface area contributed by atoms with Crippen molar-refractivity contribution >= 4 is 11.3 Å². The topological polar surface area (TPSA) is 26.0 Å². The van der Waals surface area contributed by atoms with Gasteiger partial charge in [0.1, 0.15) is 0 Å². The highest BCUT2D eigenvalue weighted by Gasteiger charge is 2.16. The Morgan fingerprint density at radius 1 is 1.50 bits per heavy atom. The summed E-state index contributed by atoms with van der Waals surface area (Å²) in [7, 11) is 0. The summed E-state index contributed by atoms with van der Waals surface area (Å²) in [5, 5.41) is 0. The van der Waals surface area contributed by atoms with Crippen molar-refractivity contribution in [3.05, 3.63) is 33.0 Å². The second-order valence-corrected chi connectivity index (χ2v) is 5.39. The number of allylic oxidation sites excluding steroid dienone is 1. The van der Waals surface area contributed by atoms with Crippen molar-refractivity contribution in [1.82, 2.24) is 0 Å². The first-order valence-corrected chi connectivity index (χ1v) is 6.00. The van der Waals surface area contributed by atoms with Crippen molar-refractivity contribution in [3.63, 3.8) is 0 Å². The van der Waals surface area contributed by atoms with Gasteiger partial charge in [-0.1, -0.05) is 11.6 Å². The summed E-state index contributed by atoms with van der Waals surface area (Å²) < 4.78 is 0. The summed E-state index contributed by atoms with van der Waals surface area (Å²) in [6.45, 7) is 4.20. The van der Waals surface area contributed by atoms with Crippen LogP contribution in [0.15, 0.2) is 17.7 Å². The molecule has 1 nitrogen and oxygen atoms in total. The molecule has 0 saturated carbocycles. The van der Waals surface area contributed by atoms with Crippen LogP contribution in [0.25, 0.3) is 0 Å². The predicted octanol–water partition coefficient (Wildman–Crippen LogP) is 3.20. The molecule has 0 amide bonds. The number of rotatable bonds is 2. The van der Waals surface area contributed by atoms with Crippen molar-refractivity contribution in [3.8, 4) is 0 Å². The normalized spacial score (nSPS) is 16.5. The Labute approximate surface area is 89.6 Å². The van der Waals surface area contributed by atoms with Gasteiger partial charge in [0.15, 0.2) is 0 Å². The molecule has 1 aromatic heterocycles. The second kappa shape index (κ2) is 3.87. The maximum Gasteiger partial charge on any atom is 0.0578 e. The van der Waals surface area contributed by atoms with Crippen LogP contribution in [0.1, 0.15) is 41.6 Å². The smallest absolute Gasteiger partial charge is 0.0578 e. The standard InChI is InChI=1S/C12H17NS/c1-8(2)6-10(13)12-7-9-4-3-5-11(9)14-12/h6-7,10H,3-5,13H2,1-2H3. The van der Waals surface area contributed by atoms with Crippen molar-refractivity contribution < 1.29 is 0 Å². The van der Waals surface area contributed by atoms with E-state index in [1.165, 1.54) is 29.7 Å². The average Bonchev–Trinajstić information content (AvgIpc) is 2.58. The van der Waals surface area contributed by atoms with Crippen LogP contribution in [0.4, 0.5) is 0 Å². The molecule has 2 heteroatoms. The molecule has 2 N–H and O–H groups in total. The van der Waals surface area contributed by atoms with Gasteiger partial charge >= 0.3 is 0 Å². The lowest BCUT2D eigenvalue weighted by atomic mass is 10.1. The van der Waals surface area contributed by atoms with Gasteiger partial charge in [-0.3, -0.25) is 0 Å². The highest BCUT2D eigenvalue weighted by molar-refractivity contribution is 7.12. The lowest BCUT2D eigenvalue weighted by Crippen LogP contribution is -2.05. The SMILES string of the molecule is CC(C)=CC(N)c1cc2c(s1)CCC2. The summed E-state index contributed by atoms with van der Waals surface area (Å²) in [6.07, 6.45) is 6.00. The van der Waals surface area contributed by atoms with E-state index < -0.39 is 0 Å². The van der Waals surface area contributed by atoms with Gasteiger partial charge in [-0.25, -0.2) is 0 Å². The third kappa shape index (κ3) is 1.91. The van der Waals surface area contributed by atoms with Crippen molar-refractivity contribution in [2.45, 2.75) is 39.2 Å². The van der Waals surface area contributed by atoms with Crippen molar-refractivity contribution in [2.75, 3.05) is 0 Å². The van der Waals surface area contributed by atoms with Crippen LogP contribution in [0.5, 0.6) is 0 Å². The summed E-state index contributed by atoms with van der Waals surface area (Å²) in [6, 6.07) is 2.41. The maximum atomic E-state index is 6.09. The third-order valence-electron chi connectivity index (χ3n) is 2.61. The predicted molar refractivity (Wildman–Crippen MR) is 62.7 cm³/mol. The van der Waals surface area contributed by atoms with E-state index >= 15 is 0 Å². The van der Waals surface area contributed by atoms with Gasteiger partial charge in [-0.05, 0) is 44.7 Å². The molecule has 0 spiro atoms. The van der Waals surface area contributed by atoms with Gasteiger partial charge in [0.05, 0.1) is 6.04 Å². The van der Waals surface area contributed by atoms with Crippen molar-refractivity contribution in [1.29, 1.82) is 0 Å². The Balaban J connectivity index is 2.21. The van der Waals surface area contributed by atoms with E-state index in [-0.39, 0.29) is 6.04 Å². The van der Waals surface area contributed by atoms with Gasteiger partial charge in [0.25, 0.3) is 0 Å². The monoisotopic (exact) mass is 207 g/mol. The molecule has 0 radical (unpaired) electrons. The Bertz CT molecular complexity index is 337. The molecule has 76 valence electrons. The highest BCUT2D eigenvalue weighted by atomic mass is 32.1. The minimum atomic E-state index is 0.107. The first-order chi connectivity index (χ1) is 6.66. The fourth-order valence-corrected chi connectivity index (χ4v) is 3.19. The zero-order valence-corrected chi connectivity index (χ0v) is 9.66. The quantitative estimate of drug-likeness (QED) is 0.740. The second-order valence-electron chi connectivity index (χ2n) is 4.22. The first-order valence-electron chi connectivity index (χ1n) is 5.19. The minimum Gasteiger partial charge on any atom is -0.320 e. The molecular weight excluding hydrogens is 190 g/mol. The van der Waals surface area contributed by atoms with E-state index in [2.05, 4.69) is 26.0 Å². The molecule has 0 aromatic carbocycles. The Hall–Kier alpha value is -0.600. The summed E-state index contributed by atoms with van der Waals surface area (Å²) in [5.74, 6) is 0. The zero-order chi connectivity index (χ0) is 10.1. The molecule has 14 heavy (non-hydrogen) atoms. The van der Waals surface area contributed by atoms with Gasteiger partial charge in [-0.15, -0.1) is 11.3 Å². The van der Waals surface area contributed by atoms with E-state index in [1.807, 2.05) is 11.3 Å². The fourth-order valence-electron chi connectivity index (χ4n) is 1.96. The largest absolute Gasteiger partial charge is 0.320 e. The van der Waals surface area contributed by atoms with E-state index in [0.29, 0.717) is 0 Å². The number of hydrogen-bond donors (Lipinski definition) is 1. The fraction of sp³-hybridized carbons (Fsp3) is 0.500. The summed E-state index contributed by atoms with van der Waals surface area (Å²) in [4.78, 5) is 2.90. The summed E-state index contributed by atoms with van der Waals surface area (Å²) in [5.41, 5.74) is 8.93. The average molecular weight is 207 g/mol. The van der Waals surface area contributed by atoms with Crippen LogP contribution in [-0.4, -0.2) is 0 Å². The van der Waals surface area contributed by atoms with Crippen LogP contribution < -0.4 is 5.73 Å². The molecule has 2 rings (SSSR count). The third-order valence-corrected chi connectivity index (χ3v) is 3.95. The van der Waals surface area contributed by atoms with Crippen LogP contribution in [0, 0.1) is 0 Å². The van der Waals surface area contributed by atoms with E-state index in [0.717, 1.165) is 0 Å². The number of thiophene rings is 1. The molecule has 1 heterocycles. The van der Waals surface area contributed by atoms with Gasteiger partial charge in [-0.2, -0.15) is 0 Å². The van der Waals surface area contributed by atoms with Gasteiger partial charge in [0.2, 0.25) is 0 Å². The van der Waals surface area contributed by atoms with Crippen LogP contribution in [0.3, 0.4) is 0 Å². The molecule has 1 atom stereocenters. The molecular formula is C12H17NS. The lowest BCUT2D eigenvalue weighted by molar-refractivity contribution is 0.898. The van der Waals surface area contributed by atoms with Crippen LogP contribution in [-0.2, 0) is 12.8 Å². The number of nitrogens with two attached hydrogens (primary N) is 1. The van der Waals surface area contributed by atoms with E-state index in [1.54, 1.807) is 10.4 Å².